The molecular formula is C21H28N4S. The van der Waals surface area contributed by atoms with E-state index in [1.165, 1.54) is 37.7 Å². The van der Waals surface area contributed by atoms with Gasteiger partial charge in [-0.15, -0.1) is 0 Å². The molecule has 26 heavy (non-hydrogen) atoms. The van der Waals surface area contributed by atoms with E-state index in [-0.39, 0.29) is 12.1 Å². The molecule has 0 bridgehead atoms. The van der Waals surface area contributed by atoms with Gasteiger partial charge in [0.25, 0.3) is 0 Å². The van der Waals surface area contributed by atoms with Crippen molar-refractivity contribution in [2.24, 2.45) is 0 Å². The zero-order valence-electron chi connectivity index (χ0n) is 15.5. The quantitative estimate of drug-likeness (QED) is 0.745. The highest BCUT2D eigenvalue weighted by atomic mass is 32.1. The third-order valence-corrected chi connectivity index (χ3v) is 6.13. The minimum absolute atomic E-state index is 0.111. The highest BCUT2D eigenvalue weighted by molar-refractivity contribution is 7.80. The van der Waals surface area contributed by atoms with Crippen LogP contribution in [-0.2, 0) is 0 Å². The van der Waals surface area contributed by atoms with Gasteiger partial charge in [-0.25, -0.2) is 0 Å². The summed E-state index contributed by atoms with van der Waals surface area (Å²) >= 11 is 5.70. The molecule has 2 aliphatic rings. The molecule has 3 heterocycles. The number of hydrogen-bond acceptors (Lipinski definition) is 2. The van der Waals surface area contributed by atoms with Gasteiger partial charge in [-0.05, 0) is 55.2 Å². The molecule has 5 heteroatoms. The molecule has 138 valence electrons. The van der Waals surface area contributed by atoms with E-state index in [9.17, 15) is 0 Å². The topological polar surface area (TPSA) is 33.1 Å². The molecule has 4 rings (SSSR count). The molecule has 1 aliphatic heterocycles. The van der Waals surface area contributed by atoms with E-state index in [1.807, 2.05) is 12.3 Å². The predicted octanol–water partition coefficient (Wildman–Crippen LogP) is 4.77. The minimum atomic E-state index is 0.111. The van der Waals surface area contributed by atoms with Crippen LogP contribution in [0.15, 0.2) is 42.9 Å². The number of nitrogens with one attached hydrogen (secondary N) is 1. The Hall–Kier alpha value is -1.88. The fraction of sp³-hybridized carbons (Fsp3) is 0.524. The van der Waals surface area contributed by atoms with Gasteiger partial charge < -0.3 is 14.8 Å². The Balaban J connectivity index is 1.66. The molecule has 2 aromatic rings. The molecule has 0 radical (unpaired) electrons. The van der Waals surface area contributed by atoms with E-state index >= 15 is 0 Å². The third-order valence-electron chi connectivity index (χ3n) is 5.78. The van der Waals surface area contributed by atoms with Crippen LogP contribution in [0.5, 0.6) is 0 Å². The molecule has 1 aliphatic carbocycles. The third kappa shape index (κ3) is 3.37. The first-order valence-corrected chi connectivity index (χ1v) is 10.3. The molecule has 1 saturated carbocycles. The number of pyridine rings is 1. The zero-order chi connectivity index (χ0) is 17.9. The Bertz CT molecular complexity index is 735. The first-order chi connectivity index (χ1) is 12.8. The second-order valence-electron chi connectivity index (χ2n) is 7.50. The van der Waals surface area contributed by atoms with E-state index < -0.39 is 0 Å². The summed E-state index contributed by atoms with van der Waals surface area (Å²) < 4.78 is 2.43. The number of hydrogen-bond donors (Lipinski definition) is 1. The molecule has 0 unspecified atom stereocenters. The summed E-state index contributed by atoms with van der Waals surface area (Å²) in [5, 5.41) is 4.40. The van der Waals surface area contributed by atoms with Gasteiger partial charge in [0, 0.05) is 31.2 Å². The summed E-state index contributed by atoms with van der Waals surface area (Å²) in [5.74, 6) is 0. The van der Waals surface area contributed by atoms with E-state index in [2.05, 4.69) is 57.3 Å². The zero-order valence-corrected chi connectivity index (χ0v) is 16.3. The maximum Gasteiger partial charge on any atom is 0.170 e. The molecule has 4 nitrogen and oxygen atoms in total. The van der Waals surface area contributed by atoms with Crippen molar-refractivity contribution in [2.45, 2.75) is 63.6 Å². The van der Waals surface area contributed by atoms with E-state index in [4.69, 9.17) is 12.2 Å². The summed E-state index contributed by atoms with van der Waals surface area (Å²) in [4.78, 5) is 6.98. The van der Waals surface area contributed by atoms with Gasteiger partial charge in [0.1, 0.15) is 0 Å². The highest BCUT2D eigenvalue weighted by Gasteiger charge is 2.39. The van der Waals surface area contributed by atoms with Crippen molar-refractivity contribution in [1.82, 2.24) is 19.8 Å². The largest absolute Gasteiger partial charge is 0.352 e. The summed E-state index contributed by atoms with van der Waals surface area (Å²) in [6.07, 6.45) is 14.1. The second-order valence-corrected chi connectivity index (χ2v) is 7.89. The lowest BCUT2D eigenvalue weighted by molar-refractivity contribution is 0.312. The van der Waals surface area contributed by atoms with Crippen LogP contribution in [0.2, 0.25) is 0 Å². The van der Waals surface area contributed by atoms with Crippen LogP contribution in [0.4, 0.5) is 0 Å². The maximum absolute atomic E-state index is 5.70. The van der Waals surface area contributed by atoms with E-state index in [0.717, 1.165) is 23.8 Å². The number of aromatic nitrogens is 2. The lowest BCUT2D eigenvalue weighted by Gasteiger charge is -2.27. The van der Waals surface area contributed by atoms with Crippen molar-refractivity contribution in [3.8, 4) is 0 Å². The Morgan fingerprint density at radius 3 is 2.81 bits per heavy atom. The first-order valence-electron chi connectivity index (χ1n) is 9.93. The van der Waals surface area contributed by atoms with Gasteiger partial charge in [0.2, 0.25) is 0 Å². The summed E-state index contributed by atoms with van der Waals surface area (Å²) in [7, 11) is 0. The average Bonchev–Trinajstić information content (AvgIpc) is 3.40. The number of rotatable bonds is 6. The summed E-state index contributed by atoms with van der Waals surface area (Å²) in [5.41, 5.74) is 2.41. The summed E-state index contributed by atoms with van der Waals surface area (Å²) in [6.45, 7) is 3.22. The standard InChI is InChI=1S/C21H28N4S/c1-2-3-13-25-20(16-11-14-24(15-16)17-8-4-5-9-17)19(23-21(25)26)18-10-6-7-12-22-18/h6-7,10-12,14-15,17,19-20H,2-5,8-9,13H2,1H3,(H,23,26)/t19-,20-/m0/s1. The lowest BCUT2D eigenvalue weighted by Crippen LogP contribution is -2.30. The van der Waals surface area contributed by atoms with Crippen LogP contribution >= 0.6 is 12.2 Å². The van der Waals surface area contributed by atoms with E-state index in [0.29, 0.717) is 6.04 Å². The normalized spacial score (nSPS) is 23.6. The van der Waals surface area contributed by atoms with Crippen LogP contribution in [-0.4, -0.2) is 26.1 Å². The Kier molecular flexibility index (Phi) is 5.25. The highest BCUT2D eigenvalue weighted by Crippen LogP contribution is 2.40. The molecule has 1 saturated heterocycles. The fourth-order valence-electron chi connectivity index (χ4n) is 4.37. The number of nitrogens with zero attached hydrogens (tertiary/aromatic N) is 3. The van der Waals surface area contributed by atoms with Crippen LogP contribution in [0.25, 0.3) is 0 Å². The number of thiocarbonyl (C=S) groups is 1. The van der Waals surface area contributed by atoms with Gasteiger partial charge in [-0.1, -0.05) is 32.3 Å². The van der Waals surface area contributed by atoms with Gasteiger partial charge in [0.05, 0.1) is 17.8 Å². The maximum atomic E-state index is 5.70. The van der Waals surface area contributed by atoms with Crippen molar-refractivity contribution in [1.29, 1.82) is 0 Å². The van der Waals surface area contributed by atoms with Crippen LogP contribution < -0.4 is 5.32 Å². The molecule has 2 aromatic heterocycles. The molecule has 0 amide bonds. The Labute approximate surface area is 161 Å². The van der Waals surface area contributed by atoms with Crippen LogP contribution in [0.1, 0.15) is 74.8 Å². The first kappa shape index (κ1) is 17.5. The molecule has 0 spiro atoms. The molecular weight excluding hydrogens is 340 g/mol. The van der Waals surface area contributed by atoms with Gasteiger partial charge >= 0.3 is 0 Å². The molecule has 2 fully saturated rings. The van der Waals surface area contributed by atoms with E-state index in [1.54, 1.807) is 0 Å². The van der Waals surface area contributed by atoms with Crippen LogP contribution in [0, 0.1) is 0 Å². The smallest absolute Gasteiger partial charge is 0.170 e. The average molecular weight is 369 g/mol. The van der Waals surface area contributed by atoms with Crippen LogP contribution in [0.3, 0.4) is 0 Å². The van der Waals surface area contributed by atoms with Gasteiger partial charge in [-0.2, -0.15) is 0 Å². The Morgan fingerprint density at radius 2 is 2.08 bits per heavy atom. The minimum Gasteiger partial charge on any atom is -0.352 e. The predicted molar refractivity (Wildman–Crippen MR) is 109 cm³/mol. The van der Waals surface area contributed by atoms with Crippen molar-refractivity contribution in [2.75, 3.05) is 6.54 Å². The van der Waals surface area contributed by atoms with Crippen molar-refractivity contribution < 1.29 is 0 Å². The molecule has 1 N–H and O–H groups in total. The van der Waals surface area contributed by atoms with Crippen molar-refractivity contribution >= 4 is 17.3 Å². The van der Waals surface area contributed by atoms with Crippen molar-refractivity contribution in [3.63, 3.8) is 0 Å². The fourth-order valence-corrected chi connectivity index (χ4v) is 4.70. The SMILES string of the molecule is CCCCN1C(=S)N[C@@H](c2ccccn2)[C@@H]1c1ccn(C2CCCC2)c1. The molecule has 2 atom stereocenters. The molecule has 0 aromatic carbocycles. The number of unbranched alkanes of at least 4 members (excludes halogenated alkanes) is 1. The Morgan fingerprint density at radius 1 is 1.23 bits per heavy atom. The monoisotopic (exact) mass is 368 g/mol. The second kappa shape index (κ2) is 7.78. The lowest BCUT2D eigenvalue weighted by atomic mass is 9.99. The van der Waals surface area contributed by atoms with Gasteiger partial charge in [0.15, 0.2) is 5.11 Å². The van der Waals surface area contributed by atoms with Gasteiger partial charge in [-0.3, -0.25) is 4.98 Å². The summed E-state index contributed by atoms with van der Waals surface area (Å²) in [6, 6.07) is 9.41. The van der Waals surface area contributed by atoms with Crippen molar-refractivity contribution in [3.05, 3.63) is 54.1 Å².